The maximum atomic E-state index is 5.76. The van der Waals surface area contributed by atoms with Crippen molar-refractivity contribution in [1.29, 1.82) is 0 Å². The first-order valence-electron chi connectivity index (χ1n) is 15.0. The Kier molecular flexibility index (Phi) is 11.5. The standard InChI is InChI=1S/C38H40O8P2/c1-39-25-13-26(40-2)18-33(17-25)47(34-19-27(41-3)14-28(20-34)42-4)37-11-9-10-12-38(37)48(35-21-29(43-5)15-30(22-35)44-6)36-23-31(45-7)16-32(24-36)46-8/h9-24H,1-8H3. The van der Waals surface area contributed by atoms with E-state index in [9.17, 15) is 0 Å². The van der Waals surface area contributed by atoms with Gasteiger partial charge < -0.3 is 37.9 Å². The van der Waals surface area contributed by atoms with Gasteiger partial charge in [0.1, 0.15) is 46.0 Å². The van der Waals surface area contributed by atoms with E-state index in [4.69, 9.17) is 37.9 Å². The number of methoxy groups -OCH3 is 8. The molecule has 0 bridgehead atoms. The SMILES string of the molecule is COc1cc(OC)cc(P(c2cc(OC)cc(OC)c2)c2ccccc2P(c2cc(OC)cc(OC)c2)c2cc(OC)cc(OC)c2)c1. The molecule has 0 amide bonds. The molecular weight excluding hydrogens is 646 g/mol. The molecule has 250 valence electrons. The van der Waals surface area contributed by atoms with Crippen LogP contribution in [-0.2, 0) is 0 Å². The summed E-state index contributed by atoms with van der Waals surface area (Å²) in [6.45, 7) is 0. The fourth-order valence-electron chi connectivity index (χ4n) is 5.38. The molecular formula is C38H40O8P2. The minimum atomic E-state index is -1.24. The molecule has 48 heavy (non-hydrogen) atoms. The van der Waals surface area contributed by atoms with Crippen LogP contribution in [0.3, 0.4) is 0 Å². The topological polar surface area (TPSA) is 73.8 Å². The molecule has 0 radical (unpaired) electrons. The molecule has 0 aromatic heterocycles. The van der Waals surface area contributed by atoms with E-state index in [1.165, 1.54) is 0 Å². The Morgan fingerprint density at radius 2 is 0.479 bits per heavy atom. The molecule has 0 aliphatic rings. The molecule has 0 aliphatic heterocycles. The first-order valence-corrected chi connectivity index (χ1v) is 17.7. The molecule has 8 nitrogen and oxygen atoms in total. The summed E-state index contributed by atoms with van der Waals surface area (Å²) in [6, 6.07) is 32.7. The smallest absolute Gasteiger partial charge is 0.123 e. The van der Waals surface area contributed by atoms with E-state index in [0.29, 0.717) is 46.0 Å². The Labute approximate surface area is 284 Å². The van der Waals surface area contributed by atoms with Gasteiger partial charge in [-0.2, -0.15) is 0 Å². The van der Waals surface area contributed by atoms with Crippen LogP contribution in [0, 0.1) is 0 Å². The van der Waals surface area contributed by atoms with Crippen LogP contribution in [0.4, 0.5) is 0 Å². The summed E-state index contributed by atoms with van der Waals surface area (Å²) in [5, 5.41) is 6.40. The predicted octanol–water partition coefficient (Wildman–Crippen LogP) is 5.27. The Hall–Kier alpha value is -4.64. The molecule has 10 heteroatoms. The van der Waals surface area contributed by atoms with Gasteiger partial charge in [-0.05, 0) is 96.2 Å². The summed E-state index contributed by atoms with van der Waals surface area (Å²) >= 11 is 0. The lowest BCUT2D eigenvalue weighted by Gasteiger charge is -2.28. The third kappa shape index (κ3) is 7.57. The average molecular weight is 687 g/mol. The monoisotopic (exact) mass is 686 g/mol. The fourth-order valence-corrected chi connectivity index (χ4v) is 10.8. The predicted molar refractivity (Wildman–Crippen MR) is 196 cm³/mol. The van der Waals surface area contributed by atoms with Crippen molar-refractivity contribution >= 4 is 47.7 Å². The van der Waals surface area contributed by atoms with Crippen molar-refractivity contribution in [2.24, 2.45) is 0 Å². The van der Waals surface area contributed by atoms with Gasteiger partial charge in [-0.3, -0.25) is 0 Å². The number of hydrogen-bond donors (Lipinski definition) is 0. The lowest BCUT2D eigenvalue weighted by atomic mass is 10.3. The summed E-state index contributed by atoms with van der Waals surface area (Å²) in [5.74, 6) is 5.57. The Balaban J connectivity index is 1.88. The lowest BCUT2D eigenvalue weighted by molar-refractivity contribution is 0.394. The van der Waals surface area contributed by atoms with Crippen molar-refractivity contribution < 1.29 is 37.9 Å². The zero-order valence-electron chi connectivity index (χ0n) is 28.4. The van der Waals surface area contributed by atoms with E-state index in [2.05, 4.69) is 72.8 Å². The van der Waals surface area contributed by atoms with Crippen LogP contribution in [0.15, 0.2) is 97.1 Å². The van der Waals surface area contributed by atoms with Gasteiger partial charge in [0.05, 0.1) is 56.9 Å². The van der Waals surface area contributed by atoms with Gasteiger partial charge in [0, 0.05) is 24.3 Å². The number of benzene rings is 5. The van der Waals surface area contributed by atoms with Crippen molar-refractivity contribution in [3.63, 3.8) is 0 Å². The van der Waals surface area contributed by atoms with E-state index in [0.717, 1.165) is 31.8 Å². The van der Waals surface area contributed by atoms with E-state index >= 15 is 0 Å². The first-order chi connectivity index (χ1) is 23.4. The molecule has 0 fully saturated rings. The Morgan fingerprint density at radius 3 is 0.646 bits per heavy atom. The highest BCUT2D eigenvalue weighted by atomic mass is 31.1. The second kappa shape index (κ2) is 16.0. The van der Waals surface area contributed by atoms with Crippen LogP contribution >= 0.6 is 15.8 Å². The van der Waals surface area contributed by atoms with Crippen molar-refractivity contribution in [3.8, 4) is 46.0 Å². The molecule has 5 aromatic carbocycles. The van der Waals surface area contributed by atoms with E-state index in [1.807, 2.05) is 24.3 Å². The summed E-state index contributed by atoms with van der Waals surface area (Å²) in [4.78, 5) is 0. The van der Waals surface area contributed by atoms with Crippen LogP contribution in [0.25, 0.3) is 0 Å². The zero-order valence-corrected chi connectivity index (χ0v) is 30.2. The molecule has 0 spiro atoms. The van der Waals surface area contributed by atoms with Crippen LogP contribution < -0.4 is 69.7 Å². The minimum absolute atomic E-state index is 0.696. The van der Waals surface area contributed by atoms with Gasteiger partial charge in [0.25, 0.3) is 0 Å². The maximum absolute atomic E-state index is 5.76. The van der Waals surface area contributed by atoms with Crippen LogP contribution in [0.2, 0.25) is 0 Å². The first kappa shape index (κ1) is 34.7. The minimum Gasteiger partial charge on any atom is -0.497 e. The summed E-state index contributed by atoms with van der Waals surface area (Å²) in [6.07, 6.45) is 0. The molecule has 0 saturated heterocycles. The molecule has 0 unspecified atom stereocenters. The number of rotatable bonds is 14. The van der Waals surface area contributed by atoms with Crippen LogP contribution in [-0.4, -0.2) is 56.9 Å². The summed E-state index contributed by atoms with van der Waals surface area (Å²) < 4.78 is 46.1. The van der Waals surface area contributed by atoms with E-state index < -0.39 is 15.8 Å². The molecule has 0 saturated carbocycles. The quantitative estimate of drug-likeness (QED) is 0.147. The third-order valence-corrected chi connectivity index (χ3v) is 12.8. The lowest BCUT2D eigenvalue weighted by Crippen LogP contribution is -2.34. The highest BCUT2D eigenvalue weighted by Gasteiger charge is 2.29. The van der Waals surface area contributed by atoms with Gasteiger partial charge in [0.2, 0.25) is 0 Å². The van der Waals surface area contributed by atoms with Crippen LogP contribution in [0.5, 0.6) is 46.0 Å². The largest absolute Gasteiger partial charge is 0.497 e. The second-order valence-electron chi connectivity index (χ2n) is 10.4. The molecule has 0 atom stereocenters. The highest BCUT2D eigenvalue weighted by Crippen LogP contribution is 2.43. The van der Waals surface area contributed by atoms with Gasteiger partial charge in [-0.25, -0.2) is 0 Å². The van der Waals surface area contributed by atoms with Crippen molar-refractivity contribution in [2.45, 2.75) is 0 Å². The molecule has 0 N–H and O–H groups in total. The third-order valence-electron chi connectivity index (χ3n) is 7.74. The van der Waals surface area contributed by atoms with Gasteiger partial charge in [-0.1, -0.05) is 24.3 Å². The Morgan fingerprint density at radius 1 is 0.292 bits per heavy atom. The summed E-state index contributed by atoms with van der Waals surface area (Å²) in [7, 11) is 10.8. The fraction of sp³-hybridized carbons (Fsp3) is 0.211. The number of ether oxygens (including phenoxy) is 8. The summed E-state index contributed by atoms with van der Waals surface area (Å²) in [5.41, 5.74) is 0. The van der Waals surface area contributed by atoms with E-state index in [-0.39, 0.29) is 0 Å². The molecule has 5 rings (SSSR count). The molecule has 5 aromatic rings. The average Bonchev–Trinajstić information content (AvgIpc) is 3.14. The second-order valence-corrected chi connectivity index (χ2v) is 14.8. The molecule has 0 aliphatic carbocycles. The van der Waals surface area contributed by atoms with Crippen molar-refractivity contribution in [3.05, 3.63) is 97.1 Å². The van der Waals surface area contributed by atoms with E-state index in [1.54, 1.807) is 56.9 Å². The molecule has 0 heterocycles. The van der Waals surface area contributed by atoms with Gasteiger partial charge in [-0.15, -0.1) is 0 Å². The Bertz CT molecular complexity index is 1530. The number of hydrogen-bond acceptors (Lipinski definition) is 8. The zero-order chi connectivity index (χ0) is 34.2. The van der Waals surface area contributed by atoms with Gasteiger partial charge >= 0.3 is 0 Å². The van der Waals surface area contributed by atoms with Crippen LogP contribution in [0.1, 0.15) is 0 Å². The maximum Gasteiger partial charge on any atom is 0.123 e. The van der Waals surface area contributed by atoms with Crippen molar-refractivity contribution in [2.75, 3.05) is 56.9 Å². The normalized spacial score (nSPS) is 10.9. The van der Waals surface area contributed by atoms with Crippen molar-refractivity contribution in [1.82, 2.24) is 0 Å². The van der Waals surface area contributed by atoms with Gasteiger partial charge in [0.15, 0.2) is 0 Å². The highest BCUT2D eigenvalue weighted by molar-refractivity contribution is 7.85.